The highest BCUT2D eigenvalue weighted by Crippen LogP contribution is 2.29. The van der Waals surface area contributed by atoms with Crippen molar-refractivity contribution in [3.05, 3.63) is 59.2 Å². The number of benzene rings is 2. The van der Waals surface area contributed by atoms with E-state index in [0.717, 1.165) is 35.7 Å². The number of hydrogen-bond acceptors (Lipinski definition) is 6. The fourth-order valence-electron chi connectivity index (χ4n) is 3.42. The van der Waals surface area contributed by atoms with Crippen LogP contribution in [-0.4, -0.2) is 50.2 Å². The highest BCUT2D eigenvalue weighted by molar-refractivity contribution is 5.89. The number of nitrogens with one attached hydrogen (secondary N) is 1. The van der Waals surface area contributed by atoms with Crippen molar-refractivity contribution in [3.8, 4) is 11.5 Å². The zero-order valence-corrected chi connectivity index (χ0v) is 17.6. The molecule has 0 spiro atoms. The Morgan fingerprint density at radius 3 is 2.63 bits per heavy atom. The summed E-state index contributed by atoms with van der Waals surface area (Å²) in [5, 5.41) is 2.93. The van der Waals surface area contributed by atoms with Crippen molar-refractivity contribution < 1.29 is 23.8 Å². The van der Waals surface area contributed by atoms with E-state index in [1.165, 1.54) is 7.11 Å². The molecule has 30 heavy (non-hydrogen) atoms. The molecule has 1 atom stereocenters. The lowest BCUT2D eigenvalue weighted by Gasteiger charge is -2.21. The standard InChI is InChI=1S/C23H28N2O5/c1-16-14-25(15-19-8-9-20(28-2)12-21(19)30-16)11-10-22(26)24-13-17-4-6-18(7-5-17)23(27)29-3/h4-9,12,16H,10-11,13-15H2,1-3H3,(H,24,26). The van der Waals surface area contributed by atoms with Crippen molar-refractivity contribution in [1.82, 2.24) is 10.2 Å². The van der Waals surface area contributed by atoms with Crippen molar-refractivity contribution in [2.24, 2.45) is 0 Å². The van der Waals surface area contributed by atoms with Crippen molar-refractivity contribution in [2.45, 2.75) is 32.5 Å². The van der Waals surface area contributed by atoms with Crippen LogP contribution in [0.15, 0.2) is 42.5 Å². The van der Waals surface area contributed by atoms with Gasteiger partial charge in [-0.05, 0) is 30.7 Å². The number of esters is 1. The van der Waals surface area contributed by atoms with Crippen LogP contribution < -0.4 is 14.8 Å². The Morgan fingerprint density at radius 2 is 1.93 bits per heavy atom. The predicted molar refractivity (Wildman–Crippen MR) is 113 cm³/mol. The molecule has 0 radical (unpaired) electrons. The summed E-state index contributed by atoms with van der Waals surface area (Å²) in [4.78, 5) is 26.0. The second-order valence-corrected chi connectivity index (χ2v) is 7.35. The summed E-state index contributed by atoms with van der Waals surface area (Å²) in [5.74, 6) is 1.22. The van der Waals surface area contributed by atoms with Crippen LogP contribution in [0, 0.1) is 0 Å². The largest absolute Gasteiger partial charge is 0.497 e. The average Bonchev–Trinajstić information content (AvgIpc) is 2.92. The van der Waals surface area contributed by atoms with E-state index in [1.807, 2.05) is 37.3 Å². The number of carbonyl (C=O) groups is 2. The molecule has 1 unspecified atom stereocenters. The molecule has 0 aromatic heterocycles. The van der Waals surface area contributed by atoms with Gasteiger partial charge in [-0.25, -0.2) is 4.79 Å². The molecule has 2 aromatic carbocycles. The molecule has 1 aliphatic rings. The van der Waals surface area contributed by atoms with Gasteiger partial charge in [-0.15, -0.1) is 0 Å². The lowest BCUT2D eigenvalue weighted by molar-refractivity contribution is -0.121. The van der Waals surface area contributed by atoms with Gasteiger partial charge >= 0.3 is 5.97 Å². The molecule has 1 heterocycles. The quantitative estimate of drug-likeness (QED) is 0.705. The topological polar surface area (TPSA) is 77.1 Å². The third-order valence-corrected chi connectivity index (χ3v) is 5.03. The predicted octanol–water partition coefficient (Wildman–Crippen LogP) is 2.77. The number of nitrogens with zero attached hydrogens (tertiary/aromatic N) is 1. The number of hydrogen-bond donors (Lipinski definition) is 1. The van der Waals surface area contributed by atoms with Crippen molar-refractivity contribution in [3.63, 3.8) is 0 Å². The van der Waals surface area contributed by atoms with E-state index in [4.69, 9.17) is 9.47 Å². The lowest BCUT2D eigenvalue weighted by Crippen LogP contribution is -2.34. The van der Waals surface area contributed by atoms with Crippen LogP contribution >= 0.6 is 0 Å². The summed E-state index contributed by atoms with van der Waals surface area (Å²) in [5.41, 5.74) is 2.50. The first kappa shape index (κ1) is 21.6. The van der Waals surface area contributed by atoms with Gasteiger partial charge in [-0.1, -0.05) is 18.2 Å². The van der Waals surface area contributed by atoms with Gasteiger partial charge in [0.15, 0.2) is 0 Å². The molecule has 0 saturated heterocycles. The molecule has 0 bridgehead atoms. The van der Waals surface area contributed by atoms with E-state index < -0.39 is 0 Å². The van der Waals surface area contributed by atoms with Gasteiger partial charge in [-0.3, -0.25) is 9.69 Å². The second kappa shape index (κ2) is 10.1. The maximum Gasteiger partial charge on any atom is 0.337 e. The minimum absolute atomic E-state index is 0.0141. The zero-order valence-electron chi connectivity index (χ0n) is 17.6. The van der Waals surface area contributed by atoms with Gasteiger partial charge in [-0.2, -0.15) is 0 Å². The van der Waals surface area contributed by atoms with Crippen LogP contribution in [0.4, 0.5) is 0 Å². The van der Waals surface area contributed by atoms with Crippen LogP contribution in [0.1, 0.15) is 34.8 Å². The number of methoxy groups -OCH3 is 2. The Morgan fingerprint density at radius 1 is 1.17 bits per heavy atom. The van der Waals surface area contributed by atoms with Gasteiger partial charge in [0.1, 0.15) is 17.6 Å². The fraction of sp³-hybridized carbons (Fsp3) is 0.391. The smallest absolute Gasteiger partial charge is 0.337 e. The maximum atomic E-state index is 12.3. The first-order valence-corrected chi connectivity index (χ1v) is 9.98. The molecule has 0 fully saturated rings. The van der Waals surface area contributed by atoms with E-state index in [2.05, 4.69) is 15.0 Å². The molecule has 1 aliphatic heterocycles. The third-order valence-electron chi connectivity index (χ3n) is 5.03. The molecule has 2 aromatic rings. The van der Waals surface area contributed by atoms with Gasteiger partial charge < -0.3 is 19.5 Å². The number of ether oxygens (including phenoxy) is 3. The first-order valence-electron chi connectivity index (χ1n) is 9.98. The minimum atomic E-state index is -0.374. The second-order valence-electron chi connectivity index (χ2n) is 7.35. The fourth-order valence-corrected chi connectivity index (χ4v) is 3.42. The molecule has 1 amide bonds. The SMILES string of the molecule is COC(=O)c1ccc(CNC(=O)CCN2Cc3ccc(OC)cc3OC(C)C2)cc1. The molecule has 0 saturated carbocycles. The summed E-state index contributed by atoms with van der Waals surface area (Å²) < 4.78 is 16.0. The highest BCUT2D eigenvalue weighted by Gasteiger charge is 2.21. The van der Waals surface area contributed by atoms with Crippen LogP contribution in [0.3, 0.4) is 0 Å². The van der Waals surface area contributed by atoms with Crippen LogP contribution in [0.5, 0.6) is 11.5 Å². The maximum absolute atomic E-state index is 12.3. The Hall–Kier alpha value is -3.06. The van der Waals surface area contributed by atoms with Gasteiger partial charge in [0.05, 0.1) is 19.8 Å². The summed E-state index contributed by atoms with van der Waals surface area (Å²) in [6.45, 7) is 4.57. The summed E-state index contributed by atoms with van der Waals surface area (Å²) >= 11 is 0. The summed E-state index contributed by atoms with van der Waals surface area (Å²) in [7, 11) is 2.99. The Labute approximate surface area is 176 Å². The van der Waals surface area contributed by atoms with Crippen LogP contribution in [0.2, 0.25) is 0 Å². The number of rotatable bonds is 7. The number of fused-ring (bicyclic) bond motifs is 1. The highest BCUT2D eigenvalue weighted by atomic mass is 16.5. The van der Waals surface area contributed by atoms with Crippen LogP contribution in [0.25, 0.3) is 0 Å². The lowest BCUT2D eigenvalue weighted by atomic mass is 10.1. The monoisotopic (exact) mass is 412 g/mol. The summed E-state index contributed by atoms with van der Waals surface area (Å²) in [6.07, 6.45) is 0.424. The molecule has 1 N–H and O–H groups in total. The van der Waals surface area contributed by atoms with E-state index in [9.17, 15) is 9.59 Å². The van der Waals surface area contributed by atoms with Gasteiger partial charge in [0, 0.05) is 44.2 Å². The minimum Gasteiger partial charge on any atom is -0.497 e. The van der Waals surface area contributed by atoms with Crippen LogP contribution in [-0.2, 0) is 22.6 Å². The third kappa shape index (κ3) is 5.73. The first-order chi connectivity index (χ1) is 14.5. The van der Waals surface area contributed by atoms with Gasteiger partial charge in [0.2, 0.25) is 5.91 Å². The van der Waals surface area contributed by atoms with E-state index in [0.29, 0.717) is 25.1 Å². The van der Waals surface area contributed by atoms with Crippen molar-refractivity contribution in [1.29, 1.82) is 0 Å². The zero-order chi connectivity index (χ0) is 21.5. The normalized spacial score (nSPS) is 16.0. The van der Waals surface area contributed by atoms with E-state index in [-0.39, 0.29) is 18.0 Å². The Kier molecular flexibility index (Phi) is 7.30. The number of carbonyl (C=O) groups excluding carboxylic acids is 2. The Bertz CT molecular complexity index is 882. The average molecular weight is 412 g/mol. The molecule has 7 nitrogen and oxygen atoms in total. The molecule has 0 aliphatic carbocycles. The molecule has 160 valence electrons. The van der Waals surface area contributed by atoms with E-state index >= 15 is 0 Å². The van der Waals surface area contributed by atoms with Crippen molar-refractivity contribution >= 4 is 11.9 Å². The molecule has 7 heteroatoms. The van der Waals surface area contributed by atoms with E-state index in [1.54, 1.807) is 19.2 Å². The van der Waals surface area contributed by atoms with Crippen molar-refractivity contribution in [2.75, 3.05) is 27.3 Å². The number of amides is 1. The van der Waals surface area contributed by atoms with Gasteiger partial charge in [0.25, 0.3) is 0 Å². The molecular weight excluding hydrogens is 384 g/mol. The molecular formula is C23H28N2O5. The Balaban J connectivity index is 1.49. The molecule has 3 rings (SSSR count). The summed E-state index contributed by atoms with van der Waals surface area (Å²) in [6, 6.07) is 12.9.